The van der Waals surface area contributed by atoms with Crippen LogP contribution in [0.2, 0.25) is 0 Å². The molecule has 3 atom stereocenters. The second kappa shape index (κ2) is 10.6. The molecule has 0 aromatic carbocycles. The van der Waals surface area contributed by atoms with Gasteiger partial charge in [0.25, 0.3) is 0 Å². The molecular formula is C15H31NO3. The van der Waals surface area contributed by atoms with Crippen molar-refractivity contribution in [2.45, 2.75) is 58.2 Å². The molecule has 2 N–H and O–H groups in total. The van der Waals surface area contributed by atoms with E-state index in [2.05, 4.69) is 12.2 Å². The van der Waals surface area contributed by atoms with Crippen molar-refractivity contribution in [1.82, 2.24) is 5.32 Å². The van der Waals surface area contributed by atoms with E-state index in [0.717, 1.165) is 44.9 Å². The molecule has 0 heterocycles. The lowest BCUT2D eigenvalue weighted by atomic mass is 9.89. The van der Waals surface area contributed by atoms with Crippen molar-refractivity contribution in [1.29, 1.82) is 0 Å². The second-order valence-electron chi connectivity index (χ2n) is 5.64. The van der Waals surface area contributed by atoms with Crippen LogP contribution in [0.15, 0.2) is 0 Å². The molecule has 0 radical (unpaired) electrons. The largest absolute Gasteiger partial charge is 0.389 e. The Balaban J connectivity index is 1.94. The summed E-state index contributed by atoms with van der Waals surface area (Å²) in [5.41, 5.74) is 0. The zero-order valence-corrected chi connectivity index (χ0v) is 12.6. The molecule has 1 rings (SSSR count). The number of hydrogen-bond donors (Lipinski definition) is 2. The van der Waals surface area contributed by atoms with Gasteiger partial charge in [0.2, 0.25) is 0 Å². The summed E-state index contributed by atoms with van der Waals surface area (Å²) in [4.78, 5) is 0. The Morgan fingerprint density at radius 2 is 2.21 bits per heavy atom. The summed E-state index contributed by atoms with van der Waals surface area (Å²) in [5.74, 6) is 0.771. The highest BCUT2D eigenvalue weighted by Gasteiger charge is 2.20. The first-order valence-corrected chi connectivity index (χ1v) is 7.80. The van der Waals surface area contributed by atoms with E-state index in [4.69, 9.17) is 9.47 Å². The van der Waals surface area contributed by atoms with Gasteiger partial charge in [-0.25, -0.2) is 0 Å². The van der Waals surface area contributed by atoms with Gasteiger partial charge >= 0.3 is 0 Å². The molecule has 4 nitrogen and oxygen atoms in total. The fraction of sp³-hybridized carbons (Fsp3) is 1.00. The molecule has 0 spiro atoms. The van der Waals surface area contributed by atoms with E-state index < -0.39 is 6.10 Å². The minimum Gasteiger partial charge on any atom is -0.389 e. The molecule has 0 aliphatic heterocycles. The van der Waals surface area contributed by atoms with Crippen LogP contribution in [-0.2, 0) is 9.47 Å². The summed E-state index contributed by atoms with van der Waals surface area (Å²) in [6, 6.07) is 0. The van der Waals surface area contributed by atoms with Crippen molar-refractivity contribution in [2.24, 2.45) is 5.92 Å². The minimum atomic E-state index is -0.399. The van der Waals surface area contributed by atoms with E-state index in [1.54, 1.807) is 0 Å². The van der Waals surface area contributed by atoms with Crippen molar-refractivity contribution in [3.05, 3.63) is 0 Å². The van der Waals surface area contributed by atoms with Crippen LogP contribution >= 0.6 is 0 Å². The number of ether oxygens (including phenoxy) is 2. The minimum absolute atomic E-state index is 0.358. The zero-order valence-electron chi connectivity index (χ0n) is 12.6. The van der Waals surface area contributed by atoms with Gasteiger partial charge in [-0.2, -0.15) is 0 Å². The SMILES string of the molecule is CCOCCCNCC(O)COC1CCCC(C)C1. The van der Waals surface area contributed by atoms with E-state index >= 15 is 0 Å². The Kier molecular flexibility index (Phi) is 9.43. The first-order chi connectivity index (χ1) is 9.22. The Morgan fingerprint density at radius 3 is 2.95 bits per heavy atom. The molecule has 0 aromatic heterocycles. The van der Waals surface area contributed by atoms with E-state index in [9.17, 15) is 5.11 Å². The second-order valence-corrected chi connectivity index (χ2v) is 5.64. The van der Waals surface area contributed by atoms with E-state index in [0.29, 0.717) is 19.3 Å². The number of nitrogens with one attached hydrogen (secondary N) is 1. The number of aliphatic hydroxyl groups is 1. The number of hydrogen-bond acceptors (Lipinski definition) is 4. The highest BCUT2D eigenvalue weighted by molar-refractivity contribution is 4.71. The first kappa shape index (κ1) is 16.9. The van der Waals surface area contributed by atoms with Gasteiger partial charge in [-0.1, -0.05) is 19.8 Å². The van der Waals surface area contributed by atoms with E-state index in [1.165, 1.54) is 12.8 Å². The standard InChI is InChI=1S/C15H31NO3/c1-3-18-9-5-8-16-11-14(17)12-19-15-7-4-6-13(2)10-15/h13-17H,3-12H2,1-2H3. The summed E-state index contributed by atoms with van der Waals surface area (Å²) in [6.45, 7) is 7.79. The Labute approximate surface area is 117 Å². The highest BCUT2D eigenvalue weighted by atomic mass is 16.5. The third-order valence-electron chi connectivity index (χ3n) is 3.64. The highest BCUT2D eigenvalue weighted by Crippen LogP contribution is 2.25. The van der Waals surface area contributed by atoms with Gasteiger partial charge in [-0.15, -0.1) is 0 Å². The molecule has 3 unspecified atom stereocenters. The molecular weight excluding hydrogens is 242 g/mol. The fourth-order valence-electron chi connectivity index (χ4n) is 2.55. The Morgan fingerprint density at radius 1 is 1.37 bits per heavy atom. The van der Waals surface area contributed by atoms with Crippen molar-refractivity contribution in [3.63, 3.8) is 0 Å². The fourth-order valence-corrected chi connectivity index (χ4v) is 2.55. The molecule has 0 bridgehead atoms. The summed E-state index contributed by atoms with van der Waals surface area (Å²) in [7, 11) is 0. The lowest BCUT2D eigenvalue weighted by Gasteiger charge is -2.27. The lowest BCUT2D eigenvalue weighted by molar-refractivity contribution is -0.0306. The van der Waals surface area contributed by atoms with Gasteiger partial charge in [-0.05, 0) is 38.6 Å². The summed E-state index contributed by atoms with van der Waals surface area (Å²) in [6.07, 6.45) is 5.83. The Hall–Kier alpha value is -0.160. The first-order valence-electron chi connectivity index (χ1n) is 7.80. The molecule has 0 aromatic rings. The third-order valence-corrected chi connectivity index (χ3v) is 3.64. The predicted molar refractivity (Wildman–Crippen MR) is 77.4 cm³/mol. The van der Waals surface area contributed by atoms with Crippen molar-refractivity contribution in [3.8, 4) is 0 Å². The van der Waals surface area contributed by atoms with Crippen LogP contribution in [0.4, 0.5) is 0 Å². The van der Waals surface area contributed by atoms with Gasteiger partial charge in [0.15, 0.2) is 0 Å². The molecule has 1 aliphatic carbocycles. The summed E-state index contributed by atoms with van der Waals surface area (Å²) >= 11 is 0. The molecule has 19 heavy (non-hydrogen) atoms. The topological polar surface area (TPSA) is 50.7 Å². The van der Waals surface area contributed by atoms with E-state index in [-0.39, 0.29) is 0 Å². The summed E-state index contributed by atoms with van der Waals surface area (Å²) in [5, 5.41) is 13.1. The van der Waals surface area contributed by atoms with Crippen LogP contribution in [0.1, 0.15) is 46.0 Å². The van der Waals surface area contributed by atoms with Gasteiger partial charge in [0.05, 0.1) is 18.8 Å². The van der Waals surface area contributed by atoms with Crippen LogP contribution in [0.25, 0.3) is 0 Å². The van der Waals surface area contributed by atoms with Crippen LogP contribution < -0.4 is 5.32 Å². The van der Waals surface area contributed by atoms with Crippen LogP contribution in [0.3, 0.4) is 0 Å². The monoisotopic (exact) mass is 273 g/mol. The maximum Gasteiger partial charge on any atom is 0.0897 e. The maximum absolute atomic E-state index is 9.83. The smallest absolute Gasteiger partial charge is 0.0897 e. The van der Waals surface area contributed by atoms with Gasteiger partial charge < -0.3 is 19.9 Å². The molecule has 0 saturated heterocycles. The quantitative estimate of drug-likeness (QED) is 0.597. The number of aliphatic hydroxyl groups excluding tert-OH is 1. The van der Waals surface area contributed by atoms with Crippen molar-refractivity contribution in [2.75, 3.05) is 32.9 Å². The van der Waals surface area contributed by atoms with Gasteiger partial charge in [-0.3, -0.25) is 0 Å². The third kappa shape index (κ3) is 8.58. The van der Waals surface area contributed by atoms with E-state index in [1.807, 2.05) is 6.92 Å². The van der Waals surface area contributed by atoms with Crippen molar-refractivity contribution < 1.29 is 14.6 Å². The van der Waals surface area contributed by atoms with Crippen molar-refractivity contribution >= 4 is 0 Å². The van der Waals surface area contributed by atoms with Gasteiger partial charge in [0, 0.05) is 19.8 Å². The summed E-state index contributed by atoms with van der Waals surface area (Å²) < 4.78 is 11.0. The maximum atomic E-state index is 9.83. The van der Waals surface area contributed by atoms with Crippen LogP contribution in [0, 0.1) is 5.92 Å². The Bertz CT molecular complexity index is 214. The zero-order chi connectivity index (χ0) is 13.9. The normalized spacial score (nSPS) is 25.4. The average Bonchev–Trinajstić information content (AvgIpc) is 2.40. The molecule has 4 heteroatoms. The van der Waals surface area contributed by atoms with Crippen LogP contribution in [0.5, 0.6) is 0 Å². The van der Waals surface area contributed by atoms with Crippen LogP contribution in [-0.4, -0.2) is 50.2 Å². The molecule has 0 amide bonds. The molecule has 1 aliphatic rings. The van der Waals surface area contributed by atoms with Gasteiger partial charge in [0.1, 0.15) is 0 Å². The number of rotatable bonds is 10. The predicted octanol–water partition coefficient (Wildman–Crippen LogP) is 1.96. The molecule has 1 fully saturated rings. The average molecular weight is 273 g/mol. The molecule has 114 valence electrons. The lowest BCUT2D eigenvalue weighted by Crippen LogP contribution is -2.33. The molecule has 1 saturated carbocycles.